The summed E-state index contributed by atoms with van der Waals surface area (Å²) < 4.78 is 32.2. The van der Waals surface area contributed by atoms with Crippen molar-refractivity contribution in [2.24, 2.45) is 0 Å². The van der Waals surface area contributed by atoms with Crippen LogP contribution in [0.1, 0.15) is 0 Å². The van der Waals surface area contributed by atoms with E-state index in [1.807, 2.05) is 12.1 Å². The second-order valence-electron chi connectivity index (χ2n) is 2.90. The number of rotatable bonds is 0. The number of fused-ring (bicyclic) bond motifs is 3. The van der Waals surface area contributed by atoms with Crippen LogP contribution in [-0.2, 0) is 10.4 Å². The molecule has 1 aliphatic rings. The van der Waals surface area contributed by atoms with Gasteiger partial charge in [-0.25, -0.2) is 0 Å². The minimum absolute atomic E-state index is 0.186. The van der Waals surface area contributed by atoms with Gasteiger partial charge in [-0.05, 0) is 6.07 Å². The summed E-state index contributed by atoms with van der Waals surface area (Å²) in [5.41, 5.74) is 0.670. The lowest BCUT2D eigenvalue weighted by Crippen LogP contribution is -2.13. The number of benzene rings is 1. The summed E-state index contributed by atoms with van der Waals surface area (Å²) in [6.45, 7) is 0. The maximum absolute atomic E-state index is 10.9. The Labute approximate surface area is 79.8 Å². The zero-order valence-electron chi connectivity index (χ0n) is 6.88. The van der Waals surface area contributed by atoms with E-state index < -0.39 is 10.4 Å². The van der Waals surface area contributed by atoms with Crippen LogP contribution < -0.4 is 8.47 Å². The van der Waals surface area contributed by atoms with Gasteiger partial charge in [0.25, 0.3) is 5.88 Å². The third-order valence-corrected chi connectivity index (χ3v) is 2.69. The predicted octanol–water partition coefficient (Wildman–Crippen LogP) is 0.707. The fourth-order valence-electron chi connectivity index (χ4n) is 1.45. The first-order chi connectivity index (χ1) is 6.66. The van der Waals surface area contributed by atoms with E-state index in [4.69, 9.17) is 0 Å². The van der Waals surface area contributed by atoms with E-state index in [0.29, 0.717) is 5.52 Å². The summed E-state index contributed by atoms with van der Waals surface area (Å²) in [7, 11) is -3.89. The first kappa shape index (κ1) is 7.69. The van der Waals surface area contributed by atoms with E-state index >= 15 is 0 Å². The Bertz CT molecular complexity index is 613. The summed E-state index contributed by atoms with van der Waals surface area (Å²) in [4.78, 5) is 0. The molecule has 0 N–H and O–H groups in total. The van der Waals surface area contributed by atoms with Crippen molar-refractivity contribution in [2.75, 3.05) is 0 Å². The van der Waals surface area contributed by atoms with Crippen molar-refractivity contribution in [1.82, 2.24) is 4.73 Å². The van der Waals surface area contributed by atoms with Gasteiger partial charge in [0.2, 0.25) is 0 Å². The maximum Gasteiger partial charge on any atom is 0.522 e. The fraction of sp³-hybridized carbons (Fsp3) is 0. The molecular formula is C8H5NO4S. The van der Waals surface area contributed by atoms with E-state index in [1.165, 1.54) is 0 Å². The van der Waals surface area contributed by atoms with Crippen molar-refractivity contribution in [3.63, 3.8) is 0 Å². The Kier molecular flexibility index (Phi) is 1.22. The molecule has 0 bridgehead atoms. The van der Waals surface area contributed by atoms with Crippen LogP contribution >= 0.6 is 0 Å². The van der Waals surface area contributed by atoms with Crippen molar-refractivity contribution in [3.8, 4) is 5.88 Å². The molecule has 0 atom stereocenters. The number of hydrogen-bond donors (Lipinski definition) is 0. The summed E-state index contributed by atoms with van der Waals surface area (Å²) in [6, 6.07) is 8.86. The fourth-order valence-corrected chi connectivity index (χ4v) is 2.14. The van der Waals surface area contributed by atoms with Gasteiger partial charge in [-0.3, -0.25) is 4.28 Å². The molecule has 0 saturated carbocycles. The van der Waals surface area contributed by atoms with E-state index in [1.54, 1.807) is 18.2 Å². The molecule has 0 fully saturated rings. The summed E-state index contributed by atoms with van der Waals surface area (Å²) in [6.07, 6.45) is 0. The van der Waals surface area contributed by atoms with Gasteiger partial charge in [-0.2, -0.15) is 0 Å². The lowest BCUT2D eigenvalue weighted by molar-refractivity contribution is 0.312. The molecule has 0 spiro atoms. The minimum Gasteiger partial charge on any atom is -0.329 e. The van der Waals surface area contributed by atoms with Crippen LogP contribution in [0.3, 0.4) is 0 Å². The molecule has 0 unspecified atom stereocenters. The highest BCUT2D eigenvalue weighted by atomic mass is 32.3. The zero-order valence-corrected chi connectivity index (χ0v) is 7.69. The molecule has 1 aliphatic heterocycles. The monoisotopic (exact) mass is 211 g/mol. The molecule has 0 radical (unpaired) electrons. The van der Waals surface area contributed by atoms with Crippen molar-refractivity contribution < 1.29 is 16.9 Å². The van der Waals surface area contributed by atoms with Gasteiger partial charge in [0.15, 0.2) is 0 Å². The van der Waals surface area contributed by atoms with E-state index in [2.05, 4.69) is 8.47 Å². The molecule has 1 aromatic heterocycles. The second kappa shape index (κ2) is 2.21. The van der Waals surface area contributed by atoms with Gasteiger partial charge < -0.3 is 4.18 Å². The van der Waals surface area contributed by atoms with Crippen LogP contribution in [0.25, 0.3) is 10.9 Å². The molecule has 6 heteroatoms. The van der Waals surface area contributed by atoms with Gasteiger partial charge in [0.1, 0.15) is 0 Å². The van der Waals surface area contributed by atoms with Crippen LogP contribution in [0.5, 0.6) is 5.88 Å². The molecule has 14 heavy (non-hydrogen) atoms. The topological polar surface area (TPSA) is 57.5 Å². The van der Waals surface area contributed by atoms with E-state index in [9.17, 15) is 8.42 Å². The first-order valence-corrected chi connectivity index (χ1v) is 5.24. The Morgan fingerprint density at radius 1 is 1.21 bits per heavy atom. The summed E-state index contributed by atoms with van der Waals surface area (Å²) >= 11 is 0. The second-order valence-corrected chi connectivity index (χ2v) is 4.03. The number of nitrogens with zero attached hydrogens (tertiary/aromatic N) is 1. The molecule has 5 nitrogen and oxygen atoms in total. The van der Waals surface area contributed by atoms with E-state index in [-0.39, 0.29) is 5.88 Å². The lowest BCUT2D eigenvalue weighted by Gasteiger charge is -1.95. The van der Waals surface area contributed by atoms with Crippen molar-refractivity contribution in [3.05, 3.63) is 30.3 Å². The molecule has 3 rings (SSSR count). The Hall–Kier alpha value is -1.69. The smallest absolute Gasteiger partial charge is 0.329 e. The molecule has 72 valence electrons. The number of aromatic nitrogens is 1. The molecular weight excluding hydrogens is 206 g/mol. The highest BCUT2D eigenvalue weighted by molar-refractivity contribution is 7.82. The number of para-hydroxylation sites is 1. The maximum atomic E-state index is 10.9. The molecule has 0 saturated heterocycles. The van der Waals surface area contributed by atoms with Gasteiger partial charge in [-0.15, -0.1) is 13.1 Å². The van der Waals surface area contributed by atoms with Gasteiger partial charge in [-0.1, -0.05) is 18.2 Å². The molecule has 0 aliphatic carbocycles. The first-order valence-electron chi connectivity index (χ1n) is 3.91. The highest BCUT2D eigenvalue weighted by Crippen LogP contribution is 2.29. The molecule has 0 amide bonds. The zero-order chi connectivity index (χ0) is 9.76. The molecule has 2 heterocycles. The quantitative estimate of drug-likeness (QED) is 0.643. The largest absolute Gasteiger partial charge is 0.522 e. The highest BCUT2D eigenvalue weighted by Gasteiger charge is 2.30. The van der Waals surface area contributed by atoms with Crippen molar-refractivity contribution in [1.29, 1.82) is 0 Å². The normalized spacial score (nSPS) is 17.4. The minimum atomic E-state index is -3.89. The van der Waals surface area contributed by atoms with Crippen molar-refractivity contribution in [2.45, 2.75) is 0 Å². The average molecular weight is 211 g/mol. The average Bonchev–Trinajstić information content (AvgIpc) is 2.56. The number of hydrogen-bond acceptors (Lipinski definition) is 4. The summed E-state index contributed by atoms with van der Waals surface area (Å²) in [5.74, 6) is 0.186. The SMILES string of the molecule is O=S1(=O)Oc2cc3ccccc3n2O1. The van der Waals surface area contributed by atoms with Crippen LogP contribution in [0.4, 0.5) is 0 Å². The van der Waals surface area contributed by atoms with Crippen molar-refractivity contribution >= 4 is 21.3 Å². The Morgan fingerprint density at radius 3 is 2.86 bits per heavy atom. The van der Waals surface area contributed by atoms with E-state index in [0.717, 1.165) is 10.1 Å². The van der Waals surface area contributed by atoms with Crippen LogP contribution in [0, 0.1) is 0 Å². The van der Waals surface area contributed by atoms with Crippen LogP contribution in [0.15, 0.2) is 30.3 Å². The third kappa shape index (κ3) is 0.912. The lowest BCUT2D eigenvalue weighted by atomic mass is 10.3. The Morgan fingerprint density at radius 2 is 2.00 bits per heavy atom. The third-order valence-electron chi connectivity index (χ3n) is 1.99. The van der Waals surface area contributed by atoms with Gasteiger partial charge in [0, 0.05) is 11.5 Å². The molecule has 2 aromatic rings. The van der Waals surface area contributed by atoms with Gasteiger partial charge >= 0.3 is 10.4 Å². The summed E-state index contributed by atoms with van der Waals surface area (Å²) in [5, 5.41) is 0.873. The van der Waals surface area contributed by atoms with Crippen LogP contribution in [0.2, 0.25) is 0 Å². The molecule has 1 aromatic carbocycles. The Balaban J connectivity index is 2.36. The predicted molar refractivity (Wildman–Crippen MR) is 48.1 cm³/mol. The standard InChI is InChI=1S/C8H5NO4S/c10-14(11)12-8-5-6-3-1-2-4-7(6)9(8)13-14/h1-5H. The van der Waals surface area contributed by atoms with Gasteiger partial charge in [0.05, 0.1) is 5.52 Å². The van der Waals surface area contributed by atoms with Crippen LogP contribution in [-0.4, -0.2) is 13.1 Å².